The molecule has 0 amide bonds. The van der Waals surface area contributed by atoms with E-state index >= 15 is 0 Å². The van der Waals surface area contributed by atoms with Crippen LogP contribution >= 0.6 is 11.6 Å². The van der Waals surface area contributed by atoms with Crippen molar-refractivity contribution in [3.8, 4) is 0 Å². The lowest BCUT2D eigenvalue weighted by atomic mass is 9.88. The Balaban J connectivity index is 1.60. The number of hydrogen-bond acceptors (Lipinski definition) is 0. The van der Waals surface area contributed by atoms with Crippen LogP contribution in [-0.4, -0.2) is 0 Å². The van der Waals surface area contributed by atoms with Crippen LogP contribution in [-0.2, 0) is 12.8 Å². The predicted molar refractivity (Wildman–Crippen MR) is 104 cm³/mol. The molecule has 0 heterocycles. The average Bonchev–Trinajstić information content (AvgIpc) is 2.58. The van der Waals surface area contributed by atoms with Crippen molar-refractivity contribution in [1.29, 1.82) is 0 Å². The second kappa shape index (κ2) is 8.89. The van der Waals surface area contributed by atoms with Crippen LogP contribution in [0.2, 0.25) is 5.02 Å². The molecule has 1 heteroatoms. The van der Waals surface area contributed by atoms with Crippen molar-refractivity contribution in [3.63, 3.8) is 0 Å². The lowest BCUT2D eigenvalue weighted by Crippen LogP contribution is -2.05. The molecule has 0 unspecified atom stereocenters. The molecule has 0 nitrogen and oxygen atoms in total. The smallest absolute Gasteiger partial charge is 0.0406 e. The number of hydrogen-bond donors (Lipinski definition) is 0. The van der Waals surface area contributed by atoms with Crippen molar-refractivity contribution in [1.82, 2.24) is 0 Å². The zero-order valence-electron chi connectivity index (χ0n) is 14.1. The van der Waals surface area contributed by atoms with E-state index in [2.05, 4.69) is 60.7 Å². The van der Waals surface area contributed by atoms with Gasteiger partial charge in [-0.15, -0.1) is 0 Å². The topological polar surface area (TPSA) is 0 Å². The van der Waals surface area contributed by atoms with Gasteiger partial charge in [0.05, 0.1) is 0 Å². The quantitative estimate of drug-likeness (QED) is 0.527. The third-order valence-electron chi connectivity index (χ3n) is 4.69. The average molecular weight is 337 g/mol. The van der Waals surface area contributed by atoms with E-state index in [4.69, 9.17) is 11.6 Å². The molecular formula is C23H25Cl. The zero-order chi connectivity index (χ0) is 16.6. The molecule has 0 spiro atoms. The van der Waals surface area contributed by atoms with Crippen molar-refractivity contribution >= 4 is 11.6 Å². The van der Waals surface area contributed by atoms with E-state index in [0.29, 0.717) is 5.92 Å². The number of benzene rings is 2. The van der Waals surface area contributed by atoms with E-state index < -0.39 is 0 Å². The molecule has 0 saturated carbocycles. The summed E-state index contributed by atoms with van der Waals surface area (Å²) < 4.78 is 0. The fourth-order valence-electron chi connectivity index (χ4n) is 3.36. The molecule has 2 aromatic carbocycles. The summed E-state index contributed by atoms with van der Waals surface area (Å²) in [7, 11) is 0. The second-order valence-electron chi connectivity index (χ2n) is 6.66. The highest BCUT2D eigenvalue weighted by Gasteiger charge is 2.11. The van der Waals surface area contributed by atoms with Gasteiger partial charge in [-0.1, -0.05) is 77.9 Å². The van der Waals surface area contributed by atoms with Gasteiger partial charge >= 0.3 is 0 Å². The van der Waals surface area contributed by atoms with E-state index in [1.54, 1.807) is 5.57 Å². The van der Waals surface area contributed by atoms with Crippen molar-refractivity contribution in [2.45, 2.75) is 38.5 Å². The summed E-state index contributed by atoms with van der Waals surface area (Å²) in [6, 6.07) is 19.1. The Morgan fingerprint density at radius 1 is 0.875 bits per heavy atom. The molecule has 3 rings (SSSR count). The van der Waals surface area contributed by atoms with Crippen molar-refractivity contribution in [2.75, 3.05) is 0 Å². The first-order chi connectivity index (χ1) is 11.8. The van der Waals surface area contributed by atoms with Gasteiger partial charge in [-0.25, -0.2) is 0 Å². The van der Waals surface area contributed by atoms with Gasteiger partial charge in [0, 0.05) is 5.02 Å². The maximum Gasteiger partial charge on any atom is 0.0406 e. The Kier molecular flexibility index (Phi) is 6.32. The predicted octanol–water partition coefficient (Wildman–Crippen LogP) is 6.80. The largest absolute Gasteiger partial charge is 0.0879 e. The van der Waals surface area contributed by atoms with Crippen molar-refractivity contribution < 1.29 is 0 Å². The van der Waals surface area contributed by atoms with Crippen LogP contribution in [0.25, 0.3) is 0 Å². The molecule has 0 fully saturated rings. The Labute approximate surface area is 150 Å². The molecule has 1 aliphatic rings. The first-order valence-electron chi connectivity index (χ1n) is 8.92. The van der Waals surface area contributed by atoms with Crippen molar-refractivity contribution in [3.05, 3.63) is 94.5 Å². The van der Waals surface area contributed by atoms with E-state index in [0.717, 1.165) is 24.3 Å². The zero-order valence-corrected chi connectivity index (χ0v) is 14.9. The Morgan fingerprint density at radius 3 is 2.46 bits per heavy atom. The van der Waals surface area contributed by atoms with Crippen LogP contribution in [0.4, 0.5) is 0 Å². The van der Waals surface area contributed by atoms with Crippen LogP contribution in [0.1, 0.15) is 36.8 Å². The van der Waals surface area contributed by atoms with E-state index in [-0.39, 0.29) is 0 Å². The molecule has 0 aromatic heterocycles. The summed E-state index contributed by atoms with van der Waals surface area (Å²) in [5, 5.41) is 0.817. The van der Waals surface area contributed by atoms with Gasteiger partial charge in [0.1, 0.15) is 0 Å². The van der Waals surface area contributed by atoms with Gasteiger partial charge in [0.15, 0.2) is 0 Å². The van der Waals surface area contributed by atoms with Crippen LogP contribution < -0.4 is 0 Å². The molecule has 0 radical (unpaired) electrons. The minimum Gasteiger partial charge on any atom is -0.0879 e. The lowest BCUT2D eigenvalue weighted by molar-refractivity contribution is 0.572. The van der Waals surface area contributed by atoms with Crippen LogP contribution in [0.15, 0.2) is 78.4 Å². The summed E-state index contributed by atoms with van der Waals surface area (Å²) in [6.45, 7) is 0. The number of rotatable bonds is 5. The molecule has 0 N–H and O–H groups in total. The summed E-state index contributed by atoms with van der Waals surface area (Å²) in [5.41, 5.74) is 4.39. The highest BCUT2D eigenvalue weighted by Crippen LogP contribution is 2.25. The highest BCUT2D eigenvalue weighted by molar-refractivity contribution is 6.30. The SMILES string of the molecule is Clc1ccc(CC[C@@H]2/C=C\CC/C=C(/Cc3ccccc3)C2)cc1. The number of halogens is 1. The Morgan fingerprint density at radius 2 is 1.67 bits per heavy atom. The molecule has 24 heavy (non-hydrogen) atoms. The van der Waals surface area contributed by atoms with Gasteiger partial charge in [0.2, 0.25) is 0 Å². The van der Waals surface area contributed by atoms with E-state index in [1.807, 2.05) is 12.1 Å². The van der Waals surface area contributed by atoms with Gasteiger partial charge in [-0.05, 0) is 67.7 Å². The first kappa shape index (κ1) is 17.0. The molecule has 124 valence electrons. The minimum atomic E-state index is 0.635. The maximum atomic E-state index is 5.98. The Bertz CT molecular complexity index is 680. The first-order valence-corrected chi connectivity index (χ1v) is 9.30. The van der Waals surface area contributed by atoms with Gasteiger partial charge < -0.3 is 0 Å². The molecule has 0 saturated heterocycles. The molecular weight excluding hydrogens is 312 g/mol. The van der Waals surface area contributed by atoms with Crippen LogP contribution in [0.5, 0.6) is 0 Å². The molecule has 1 atom stereocenters. The molecule has 1 aliphatic carbocycles. The number of aryl methyl sites for hydroxylation is 1. The van der Waals surface area contributed by atoms with E-state index in [9.17, 15) is 0 Å². The van der Waals surface area contributed by atoms with Crippen LogP contribution in [0, 0.1) is 5.92 Å². The van der Waals surface area contributed by atoms with Crippen LogP contribution in [0.3, 0.4) is 0 Å². The Hall–Kier alpha value is -1.79. The highest BCUT2D eigenvalue weighted by atomic mass is 35.5. The molecule has 2 aromatic rings. The third kappa shape index (κ3) is 5.39. The maximum absolute atomic E-state index is 5.98. The molecule has 0 aliphatic heterocycles. The van der Waals surface area contributed by atoms with Crippen molar-refractivity contribution in [2.24, 2.45) is 5.92 Å². The van der Waals surface area contributed by atoms with E-state index in [1.165, 1.54) is 30.4 Å². The summed E-state index contributed by atoms with van der Waals surface area (Å²) >= 11 is 5.98. The summed E-state index contributed by atoms with van der Waals surface area (Å²) in [6.07, 6.45) is 14.2. The summed E-state index contributed by atoms with van der Waals surface area (Å²) in [4.78, 5) is 0. The monoisotopic (exact) mass is 336 g/mol. The minimum absolute atomic E-state index is 0.635. The normalized spacial score (nSPS) is 21.4. The van der Waals surface area contributed by atoms with Gasteiger partial charge in [-0.3, -0.25) is 0 Å². The standard InChI is InChI=1S/C23H25Cl/c24-23-15-13-19(14-16-23)11-12-21-9-5-2-6-10-22(18-21)17-20-7-3-1-4-8-20/h1,3-5,7-10,13-16,21H,2,6,11-12,17-18H2/b9-5-,22-10-/t21-/m0/s1. The second-order valence-corrected chi connectivity index (χ2v) is 7.10. The fraction of sp³-hybridized carbons (Fsp3) is 0.304. The summed E-state index contributed by atoms with van der Waals surface area (Å²) in [5.74, 6) is 0.635. The molecule has 0 bridgehead atoms. The van der Waals surface area contributed by atoms with Gasteiger partial charge in [0.25, 0.3) is 0 Å². The fourth-order valence-corrected chi connectivity index (χ4v) is 3.49. The third-order valence-corrected chi connectivity index (χ3v) is 4.94. The van der Waals surface area contributed by atoms with Gasteiger partial charge in [-0.2, -0.15) is 0 Å². The number of allylic oxidation sites excluding steroid dienone is 4. The lowest BCUT2D eigenvalue weighted by Gasteiger charge is -2.18.